The van der Waals surface area contributed by atoms with Crippen LogP contribution in [-0.2, 0) is 14.9 Å². The van der Waals surface area contributed by atoms with Gasteiger partial charge in [0.05, 0.1) is 5.56 Å². The van der Waals surface area contributed by atoms with Crippen LogP contribution in [0.5, 0.6) is 0 Å². The summed E-state index contributed by atoms with van der Waals surface area (Å²) in [5, 5.41) is 11.1. The van der Waals surface area contributed by atoms with Crippen molar-refractivity contribution in [3.8, 4) is 0 Å². The van der Waals surface area contributed by atoms with E-state index < -0.39 is 26.9 Å². The quantitative estimate of drug-likeness (QED) is 0.442. The fraction of sp³-hybridized carbons (Fsp3) is 0.467. The molecule has 0 saturated carbocycles. The molecule has 0 atom stereocenters. The minimum absolute atomic E-state index is 0.0866. The number of carbonyl (C=O) groups excluding carboxylic acids is 1. The maximum Gasteiger partial charge on any atom is 0.303 e. The summed E-state index contributed by atoms with van der Waals surface area (Å²) >= 11 is 0. The molecule has 8 heteroatoms. The number of carbonyl (C=O) groups is 2. The van der Waals surface area contributed by atoms with Crippen LogP contribution < -0.4 is 5.32 Å². The minimum Gasteiger partial charge on any atom is -0.481 e. The molecule has 23 heavy (non-hydrogen) atoms. The molecule has 0 unspecified atom stereocenters. The summed E-state index contributed by atoms with van der Waals surface area (Å²) in [6.07, 6.45) is 4.08. The molecule has 0 heterocycles. The van der Waals surface area contributed by atoms with Gasteiger partial charge in [-0.3, -0.25) is 14.1 Å². The average Bonchev–Trinajstić information content (AvgIpc) is 2.48. The molecule has 3 N–H and O–H groups in total. The molecule has 1 amide bonds. The van der Waals surface area contributed by atoms with Gasteiger partial charge in [-0.25, -0.2) is 0 Å². The first-order valence-electron chi connectivity index (χ1n) is 7.39. The van der Waals surface area contributed by atoms with Crippen molar-refractivity contribution in [3.05, 3.63) is 29.8 Å². The van der Waals surface area contributed by atoms with Gasteiger partial charge >= 0.3 is 5.97 Å². The highest BCUT2D eigenvalue weighted by molar-refractivity contribution is 7.86. The van der Waals surface area contributed by atoms with Crippen LogP contribution in [0, 0.1) is 0 Å². The summed E-state index contributed by atoms with van der Waals surface area (Å²) in [4.78, 5) is 21.9. The van der Waals surface area contributed by atoms with Crippen LogP contribution in [0.25, 0.3) is 0 Å². The number of amides is 1. The van der Waals surface area contributed by atoms with Gasteiger partial charge in [-0.05, 0) is 25.0 Å². The number of hydrogen-bond acceptors (Lipinski definition) is 4. The van der Waals surface area contributed by atoms with Crippen LogP contribution in [0.1, 0.15) is 48.9 Å². The number of aliphatic carboxylic acids is 1. The molecule has 0 fully saturated rings. The maximum absolute atomic E-state index is 12.0. The number of benzene rings is 1. The van der Waals surface area contributed by atoms with Crippen LogP contribution in [0.4, 0.5) is 0 Å². The van der Waals surface area contributed by atoms with Crippen molar-refractivity contribution in [3.63, 3.8) is 0 Å². The highest BCUT2D eigenvalue weighted by Crippen LogP contribution is 2.14. The number of rotatable bonds is 10. The number of nitrogens with one attached hydrogen (secondary N) is 1. The van der Waals surface area contributed by atoms with Crippen molar-refractivity contribution < 1.29 is 27.7 Å². The van der Waals surface area contributed by atoms with E-state index in [0.29, 0.717) is 19.4 Å². The van der Waals surface area contributed by atoms with Crippen molar-refractivity contribution in [2.24, 2.45) is 0 Å². The van der Waals surface area contributed by atoms with E-state index in [1.54, 1.807) is 0 Å². The van der Waals surface area contributed by atoms with Gasteiger partial charge in [0.1, 0.15) is 4.90 Å². The largest absolute Gasteiger partial charge is 0.481 e. The summed E-state index contributed by atoms with van der Waals surface area (Å²) in [7, 11) is -4.44. The molecule has 0 radical (unpaired) electrons. The van der Waals surface area contributed by atoms with Crippen LogP contribution in [0.15, 0.2) is 29.2 Å². The molecule has 0 saturated heterocycles. The van der Waals surface area contributed by atoms with E-state index >= 15 is 0 Å². The van der Waals surface area contributed by atoms with Gasteiger partial charge in [0.2, 0.25) is 0 Å². The van der Waals surface area contributed by atoms with E-state index in [2.05, 4.69) is 5.32 Å². The number of carboxylic acids is 1. The van der Waals surface area contributed by atoms with E-state index in [4.69, 9.17) is 9.66 Å². The zero-order chi connectivity index (χ0) is 17.3. The Morgan fingerprint density at radius 3 is 2.26 bits per heavy atom. The Labute approximate surface area is 135 Å². The highest BCUT2D eigenvalue weighted by Gasteiger charge is 2.19. The molecular formula is C15H21NO6S. The van der Waals surface area contributed by atoms with Crippen molar-refractivity contribution in [2.45, 2.75) is 43.4 Å². The third-order valence-electron chi connectivity index (χ3n) is 3.26. The van der Waals surface area contributed by atoms with Crippen LogP contribution in [0.3, 0.4) is 0 Å². The molecule has 1 aromatic rings. The molecule has 0 aliphatic carbocycles. The zero-order valence-corrected chi connectivity index (χ0v) is 13.5. The summed E-state index contributed by atoms with van der Waals surface area (Å²) in [5.74, 6) is -1.35. The second-order valence-electron chi connectivity index (χ2n) is 5.14. The van der Waals surface area contributed by atoms with Gasteiger partial charge in [0.25, 0.3) is 16.0 Å². The van der Waals surface area contributed by atoms with Gasteiger partial charge in [-0.2, -0.15) is 8.42 Å². The second-order valence-corrected chi connectivity index (χ2v) is 6.53. The molecule has 0 aromatic heterocycles. The molecule has 0 aliphatic heterocycles. The number of hydrogen-bond donors (Lipinski definition) is 3. The van der Waals surface area contributed by atoms with E-state index in [-0.39, 0.29) is 12.0 Å². The fourth-order valence-corrected chi connectivity index (χ4v) is 2.80. The van der Waals surface area contributed by atoms with Crippen LogP contribution >= 0.6 is 0 Å². The Kier molecular flexibility index (Phi) is 7.70. The van der Waals surface area contributed by atoms with Gasteiger partial charge in [0.15, 0.2) is 0 Å². The Morgan fingerprint density at radius 1 is 1.00 bits per heavy atom. The first-order chi connectivity index (χ1) is 10.8. The lowest BCUT2D eigenvalue weighted by molar-refractivity contribution is -0.137. The van der Waals surface area contributed by atoms with Crippen molar-refractivity contribution >= 4 is 22.0 Å². The van der Waals surface area contributed by atoms with Crippen molar-refractivity contribution in [2.75, 3.05) is 6.54 Å². The SMILES string of the molecule is O=C(O)CCCCCCCNC(=O)c1ccccc1S(=O)(=O)O. The molecule has 1 aromatic carbocycles. The monoisotopic (exact) mass is 343 g/mol. The van der Waals surface area contributed by atoms with E-state index in [1.807, 2.05) is 0 Å². The van der Waals surface area contributed by atoms with Gasteiger partial charge in [-0.1, -0.05) is 31.4 Å². The third kappa shape index (κ3) is 7.25. The smallest absolute Gasteiger partial charge is 0.303 e. The predicted molar refractivity (Wildman–Crippen MR) is 83.9 cm³/mol. The highest BCUT2D eigenvalue weighted by atomic mass is 32.2. The molecule has 128 valence electrons. The minimum atomic E-state index is -4.44. The average molecular weight is 343 g/mol. The molecular weight excluding hydrogens is 322 g/mol. The number of carboxylic acid groups (broad SMARTS) is 1. The predicted octanol–water partition coefficient (Wildman–Crippen LogP) is 2.09. The van der Waals surface area contributed by atoms with Crippen LogP contribution in [-0.4, -0.2) is 36.5 Å². The summed E-state index contributed by atoms with van der Waals surface area (Å²) in [5.41, 5.74) is -0.0866. The van der Waals surface area contributed by atoms with Crippen molar-refractivity contribution in [1.82, 2.24) is 5.32 Å². The molecule has 0 bridgehead atoms. The summed E-state index contributed by atoms with van der Waals surface area (Å²) in [6, 6.07) is 5.46. The maximum atomic E-state index is 12.0. The number of unbranched alkanes of at least 4 members (excludes halogenated alkanes) is 4. The Balaban J connectivity index is 2.34. The Bertz CT molecular complexity index is 641. The third-order valence-corrected chi connectivity index (χ3v) is 4.17. The second kappa shape index (κ2) is 9.26. The summed E-state index contributed by atoms with van der Waals surface area (Å²) < 4.78 is 31.5. The lowest BCUT2D eigenvalue weighted by Crippen LogP contribution is -2.26. The zero-order valence-electron chi connectivity index (χ0n) is 12.7. The Hall–Kier alpha value is -1.93. The molecule has 1 rings (SSSR count). The first-order valence-corrected chi connectivity index (χ1v) is 8.83. The molecule has 0 spiro atoms. The topological polar surface area (TPSA) is 121 Å². The van der Waals surface area contributed by atoms with Gasteiger partial charge < -0.3 is 10.4 Å². The lowest BCUT2D eigenvalue weighted by Gasteiger charge is -2.08. The Morgan fingerprint density at radius 2 is 1.61 bits per heavy atom. The first kappa shape index (κ1) is 19.1. The van der Waals surface area contributed by atoms with E-state index in [0.717, 1.165) is 19.3 Å². The van der Waals surface area contributed by atoms with E-state index in [9.17, 15) is 18.0 Å². The molecule has 7 nitrogen and oxygen atoms in total. The molecule has 0 aliphatic rings. The standard InChI is InChI=1S/C15H21NO6S/c17-14(18)10-4-2-1-3-7-11-16-15(19)12-8-5-6-9-13(12)23(20,21)22/h5-6,8-9H,1-4,7,10-11H2,(H,16,19)(H,17,18)(H,20,21,22). The summed E-state index contributed by atoms with van der Waals surface area (Å²) in [6.45, 7) is 0.386. The van der Waals surface area contributed by atoms with Gasteiger partial charge in [-0.15, -0.1) is 0 Å². The van der Waals surface area contributed by atoms with Crippen LogP contribution in [0.2, 0.25) is 0 Å². The normalized spacial score (nSPS) is 11.2. The van der Waals surface area contributed by atoms with Gasteiger partial charge in [0, 0.05) is 13.0 Å². The van der Waals surface area contributed by atoms with Crippen molar-refractivity contribution in [1.29, 1.82) is 0 Å². The van der Waals surface area contributed by atoms with E-state index in [1.165, 1.54) is 24.3 Å². The fourth-order valence-electron chi connectivity index (χ4n) is 2.11. The lowest BCUT2D eigenvalue weighted by atomic mass is 10.1.